The van der Waals surface area contributed by atoms with Crippen molar-refractivity contribution in [2.45, 2.75) is 44.5 Å². The number of carboxylic acid groups (broad SMARTS) is 1. The van der Waals surface area contributed by atoms with E-state index in [0.29, 0.717) is 25.9 Å². The van der Waals surface area contributed by atoms with Gasteiger partial charge in [0, 0.05) is 25.9 Å². The minimum atomic E-state index is -1.44. The molecule has 1 aromatic rings. The summed E-state index contributed by atoms with van der Waals surface area (Å²) in [5.74, 6) is -1.77. The molecule has 2 amide bonds. The number of imide groups is 1. The Hall–Kier alpha value is -2.25. The largest absolute Gasteiger partial charge is 0.479 e. The van der Waals surface area contributed by atoms with Crippen LogP contribution in [-0.2, 0) is 33.9 Å². The van der Waals surface area contributed by atoms with E-state index in [1.54, 1.807) is 6.07 Å². The van der Waals surface area contributed by atoms with Gasteiger partial charge in [-0.2, -0.15) is 0 Å². The summed E-state index contributed by atoms with van der Waals surface area (Å²) in [6, 6.07) is 5.23. The molecular formula is C16H18N2O5. The molecule has 7 nitrogen and oxygen atoms in total. The zero-order valence-electron chi connectivity index (χ0n) is 12.5. The first-order chi connectivity index (χ1) is 11.0. The van der Waals surface area contributed by atoms with Gasteiger partial charge in [0.1, 0.15) is 0 Å². The van der Waals surface area contributed by atoms with E-state index in [4.69, 9.17) is 5.11 Å². The van der Waals surface area contributed by atoms with E-state index in [9.17, 15) is 19.5 Å². The van der Waals surface area contributed by atoms with Crippen LogP contribution in [0.25, 0.3) is 0 Å². The van der Waals surface area contributed by atoms with E-state index in [1.165, 1.54) is 0 Å². The fourth-order valence-electron chi connectivity index (χ4n) is 3.25. The molecule has 122 valence electrons. The molecule has 7 heteroatoms. The topological polar surface area (TPSA) is 107 Å². The highest BCUT2D eigenvalue weighted by atomic mass is 16.4. The van der Waals surface area contributed by atoms with Crippen LogP contribution in [0.4, 0.5) is 0 Å². The average molecular weight is 318 g/mol. The van der Waals surface area contributed by atoms with Gasteiger partial charge in [0.05, 0.1) is 6.04 Å². The average Bonchev–Trinajstić information content (AvgIpc) is 2.91. The third kappa shape index (κ3) is 3.11. The summed E-state index contributed by atoms with van der Waals surface area (Å²) in [5, 5.41) is 20.8. The summed E-state index contributed by atoms with van der Waals surface area (Å²) in [4.78, 5) is 36.1. The van der Waals surface area contributed by atoms with Crippen LogP contribution in [0, 0.1) is 0 Å². The van der Waals surface area contributed by atoms with Gasteiger partial charge in [-0.25, -0.2) is 4.79 Å². The Morgan fingerprint density at radius 3 is 2.83 bits per heavy atom. The number of fused-ring (bicyclic) bond motifs is 1. The molecule has 2 heterocycles. The first kappa shape index (κ1) is 15.6. The lowest BCUT2D eigenvalue weighted by atomic mass is 9.99. The van der Waals surface area contributed by atoms with Crippen molar-refractivity contribution in [3.8, 4) is 0 Å². The highest BCUT2D eigenvalue weighted by Gasteiger charge is 2.35. The van der Waals surface area contributed by atoms with Crippen molar-refractivity contribution in [1.82, 2.24) is 10.2 Å². The quantitative estimate of drug-likeness (QED) is 0.664. The summed E-state index contributed by atoms with van der Waals surface area (Å²) >= 11 is 0. The molecule has 2 aliphatic rings. The summed E-state index contributed by atoms with van der Waals surface area (Å²) in [6.07, 6.45) is -0.576. The van der Waals surface area contributed by atoms with Gasteiger partial charge < -0.3 is 10.2 Å². The molecule has 0 saturated carbocycles. The van der Waals surface area contributed by atoms with E-state index < -0.39 is 12.1 Å². The maximum atomic E-state index is 12.0. The molecular weight excluding hydrogens is 300 g/mol. The van der Waals surface area contributed by atoms with Gasteiger partial charge in [-0.1, -0.05) is 18.2 Å². The number of benzene rings is 1. The van der Waals surface area contributed by atoms with Crippen LogP contribution in [0.3, 0.4) is 0 Å². The molecule has 2 aliphatic heterocycles. The second kappa shape index (κ2) is 6.10. The van der Waals surface area contributed by atoms with Gasteiger partial charge in [0.25, 0.3) is 0 Å². The third-order valence-electron chi connectivity index (χ3n) is 4.45. The number of hydrogen-bond donors (Lipinski definition) is 3. The number of piperidine rings is 1. The molecule has 0 aromatic heterocycles. The van der Waals surface area contributed by atoms with Crippen LogP contribution in [0.2, 0.25) is 0 Å². The Balaban J connectivity index is 1.77. The lowest BCUT2D eigenvalue weighted by molar-refractivity contribution is -0.146. The van der Waals surface area contributed by atoms with E-state index in [0.717, 1.165) is 16.7 Å². The molecule has 1 saturated heterocycles. The number of carbonyl (C=O) groups is 3. The maximum absolute atomic E-state index is 12.0. The monoisotopic (exact) mass is 318 g/mol. The van der Waals surface area contributed by atoms with Crippen LogP contribution in [-0.4, -0.2) is 45.0 Å². The first-order valence-corrected chi connectivity index (χ1v) is 7.54. The number of carboxylic acids is 1. The van der Waals surface area contributed by atoms with Crippen molar-refractivity contribution in [3.63, 3.8) is 0 Å². The lowest BCUT2D eigenvalue weighted by Gasteiger charge is -2.29. The molecule has 0 aliphatic carbocycles. The van der Waals surface area contributed by atoms with Crippen molar-refractivity contribution in [2.75, 3.05) is 0 Å². The second-order valence-electron chi connectivity index (χ2n) is 5.98. The van der Waals surface area contributed by atoms with E-state index in [2.05, 4.69) is 5.32 Å². The molecule has 0 spiro atoms. The zero-order chi connectivity index (χ0) is 16.6. The summed E-state index contributed by atoms with van der Waals surface area (Å²) < 4.78 is 0. The summed E-state index contributed by atoms with van der Waals surface area (Å²) in [5.41, 5.74) is 2.79. The Bertz CT molecular complexity index is 672. The smallest absolute Gasteiger partial charge is 0.332 e. The molecule has 1 fully saturated rings. The van der Waals surface area contributed by atoms with Crippen molar-refractivity contribution >= 4 is 17.8 Å². The highest BCUT2D eigenvalue weighted by Crippen LogP contribution is 2.30. The molecule has 1 aromatic carbocycles. The molecule has 2 unspecified atom stereocenters. The van der Waals surface area contributed by atoms with Crippen LogP contribution in [0.1, 0.15) is 29.5 Å². The summed E-state index contributed by atoms with van der Waals surface area (Å²) in [6.45, 7) is 1.10. The van der Waals surface area contributed by atoms with Gasteiger partial charge >= 0.3 is 5.97 Å². The predicted molar refractivity (Wildman–Crippen MR) is 79.2 cm³/mol. The van der Waals surface area contributed by atoms with Crippen LogP contribution >= 0.6 is 0 Å². The van der Waals surface area contributed by atoms with Gasteiger partial charge in [-0.15, -0.1) is 0 Å². The van der Waals surface area contributed by atoms with Crippen LogP contribution in [0.15, 0.2) is 18.2 Å². The molecule has 3 N–H and O–H groups in total. The van der Waals surface area contributed by atoms with Crippen molar-refractivity contribution in [3.05, 3.63) is 34.9 Å². The van der Waals surface area contributed by atoms with E-state index in [1.807, 2.05) is 17.0 Å². The fraction of sp³-hybridized carbons (Fsp3) is 0.438. The number of nitrogens with zero attached hydrogens (tertiary/aromatic N) is 1. The first-order valence-electron chi connectivity index (χ1n) is 7.54. The third-order valence-corrected chi connectivity index (χ3v) is 4.45. The molecule has 0 bridgehead atoms. The minimum absolute atomic E-state index is 0.0433. The van der Waals surface area contributed by atoms with Crippen molar-refractivity contribution in [1.29, 1.82) is 0 Å². The number of carbonyl (C=O) groups excluding carboxylic acids is 2. The Kier molecular flexibility index (Phi) is 4.14. The Labute approximate surface area is 132 Å². The highest BCUT2D eigenvalue weighted by molar-refractivity contribution is 6.00. The minimum Gasteiger partial charge on any atom is -0.479 e. The molecule has 3 rings (SSSR count). The SMILES string of the molecule is O=C1CCC(N2Cc3cccc(CC(O)C(=O)O)c3C2)C(=O)N1. The van der Waals surface area contributed by atoms with Gasteiger partial charge in [0.2, 0.25) is 11.8 Å². The van der Waals surface area contributed by atoms with Crippen molar-refractivity contribution in [2.24, 2.45) is 0 Å². The fourth-order valence-corrected chi connectivity index (χ4v) is 3.25. The van der Waals surface area contributed by atoms with Gasteiger partial charge in [-0.3, -0.25) is 19.8 Å². The Morgan fingerprint density at radius 2 is 2.13 bits per heavy atom. The van der Waals surface area contributed by atoms with Gasteiger partial charge in [-0.05, 0) is 23.1 Å². The number of aliphatic carboxylic acids is 1. The number of nitrogens with one attached hydrogen (secondary N) is 1. The van der Waals surface area contributed by atoms with Crippen LogP contribution in [0.5, 0.6) is 0 Å². The predicted octanol–water partition coefficient (Wildman–Crippen LogP) is -0.205. The number of amides is 2. The molecule has 0 radical (unpaired) electrons. The van der Waals surface area contributed by atoms with Gasteiger partial charge in [0.15, 0.2) is 6.10 Å². The van der Waals surface area contributed by atoms with E-state index in [-0.39, 0.29) is 24.3 Å². The number of rotatable bonds is 4. The second-order valence-corrected chi connectivity index (χ2v) is 5.98. The lowest BCUT2D eigenvalue weighted by Crippen LogP contribution is -2.50. The van der Waals surface area contributed by atoms with E-state index >= 15 is 0 Å². The number of aliphatic hydroxyl groups is 1. The van der Waals surface area contributed by atoms with Crippen molar-refractivity contribution < 1.29 is 24.6 Å². The Morgan fingerprint density at radius 1 is 1.35 bits per heavy atom. The molecule has 2 atom stereocenters. The number of hydrogen-bond acceptors (Lipinski definition) is 5. The zero-order valence-corrected chi connectivity index (χ0v) is 12.5. The van der Waals surface area contributed by atoms with Crippen LogP contribution < -0.4 is 5.32 Å². The number of aliphatic hydroxyl groups excluding tert-OH is 1. The standard InChI is InChI=1S/C16H18N2O5/c19-13(16(22)23)6-9-2-1-3-10-7-18(8-11(9)10)12-4-5-14(20)17-15(12)21/h1-3,12-13,19H,4-8H2,(H,22,23)(H,17,20,21). The normalized spacial score (nSPS) is 22.6. The maximum Gasteiger partial charge on any atom is 0.332 e. The molecule has 23 heavy (non-hydrogen) atoms. The summed E-state index contributed by atoms with van der Waals surface area (Å²) in [7, 11) is 0.